The van der Waals surface area contributed by atoms with Gasteiger partial charge in [0.15, 0.2) is 0 Å². The van der Waals surface area contributed by atoms with Crippen LogP contribution in [0.5, 0.6) is 0 Å². The molecule has 0 spiro atoms. The van der Waals surface area contributed by atoms with E-state index in [0.29, 0.717) is 25.0 Å². The molecule has 216 valence electrons. The number of hydrogen-bond acceptors (Lipinski definition) is 6. The summed E-state index contributed by atoms with van der Waals surface area (Å²) in [7, 11) is 0. The Labute approximate surface area is 242 Å². The van der Waals surface area contributed by atoms with Crippen molar-refractivity contribution in [1.29, 1.82) is 0 Å². The summed E-state index contributed by atoms with van der Waals surface area (Å²) in [5, 5.41) is 15.6. The van der Waals surface area contributed by atoms with Gasteiger partial charge in [0.2, 0.25) is 11.8 Å². The maximum atomic E-state index is 13.3. The molecule has 2 rings (SSSR count). The fraction of sp³-hybridized carbons (Fsp3) is 0.406. The number of allylic oxidation sites excluding steroid dienone is 2. The lowest BCUT2D eigenvalue weighted by Crippen LogP contribution is -2.45. The van der Waals surface area contributed by atoms with E-state index in [2.05, 4.69) is 23.8 Å². The minimum atomic E-state index is -0.640. The minimum absolute atomic E-state index is 0.0473. The molecule has 40 heavy (non-hydrogen) atoms. The van der Waals surface area contributed by atoms with Crippen LogP contribution in [0.1, 0.15) is 43.2 Å². The standard InChI is InChI=1S/C32H42N2O5S/c1-3-5-8-18-31(37)39-22-29(24-40-23-26-16-11-7-12-17-26)34-32(38)27(13-4-2)20-30(36)33-28(21-35)19-25-14-9-6-10-15-25/h3-4,6-7,9-12,14-17,27-29,35H,1-2,5,8,13,18-24H2,(H,33,36)(H,34,38)/t27-,28+,29-/m1/s1. The van der Waals surface area contributed by atoms with Gasteiger partial charge in [-0.05, 0) is 36.8 Å². The Bertz CT molecular complexity index is 1050. The molecule has 0 unspecified atom stereocenters. The van der Waals surface area contributed by atoms with Crippen LogP contribution in [0.15, 0.2) is 86.0 Å². The van der Waals surface area contributed by atoms with Gasteiger partial charge in [-0.1, -0.05) is 72.8 Å². The first-order chi connectivity index (χ1) is 19.4. The van der Waals surface area contributed by atoms with Gasteiger partial charge in [-0.15, -0.1) is 13.2 Å². The number of aliphatic hydroxyl groups is 1. The Hall–Kier alpha value is -3.36. The van der Waals surface area contributed by atoms with Crippen molar-refractivity contribution in [3.05, 3.63) is 97.1 Å². The van der Waals surface area contributed by atoms with Crippen LogP contribution in [-0.4, -0.2) is 53.9 Å². The average molecular weight is 567 g/mol. The third kappa shape index (κ3) is 13.6. The van der Waals surface area contributed by atoms with Gasteiger partial charge in [0, 0.05) is 24.3 Å². The number of hydrogen-bond donors (Lipinski definition) is 3. The van der Waals surface area contributed by atoms with Crippen molar-refractivity contribution in [2.75, 3.05) is 19.0 Å². The summed E-state index contributed by atoms with van der Waals surface area (Å²) < 4.78 is 5.47. The molecule has 0 saturated heterocycles. The minimum Gasteiger partial charge on any atom is -0.463 e. The van der Waals surface area contributed by atoms with Gasteiger partial charge in [0.25, 0.3) is 0 Å². The SMILES string of the molecule is C=CCCCC(=O)OC[C@H](CSCc1ccccc1)NC(=O)[C@H](CC=C)CC(=O)N[C@H](CO)Cc1ccccc1. The number of ether oxygens (including phenoxy) is 1. The molecule has 7 nitrogen and oxygen atoms in total. The van der Waals surface area contributed by atoms with E-state index in [1.807, 2.05) is 60.7 Å². The number of carbonyl (C=O) groups excluding carboxylic acids is 3. The highest BCUT2D eigenvalue weighted by atomic mass is 32.2. The number of esters is 1. The highest BCUT2D eigenvalue weighted by Crippen LogP contribution is 2.16. The van der Waals surface area contributed by atoms with Gasteiger partial charge in [-0.2, -0.15) is 11.8 Å². The number of aliphatic hydroxyl groups excluding tert-OH is 1. The summed E-state index contributed by atoms with van der Waals surface area (Å²) in [4.78, 5) is 38.3. The van der Waals surface area contributed by atoms with E-state index in [0.717, 1.165) is 23.3 Å². The van der Waals surface area contributed by atoms with E-state index in [9.17, 15) is 19.5 Å². The Morgan fingerprint density at radius 1 is 0.925 bits per heavy atom. The van der Waals surface area contributed by atoms with E-state index >= 15 is 0 Å². The van der Waals surface area contributed by atoms with Crippen molar-refractivity contribution >= 4 is 29.5 Å². The molecule has 0 radical (unpaired) electrons. The van der Waals surface area contributed by atoms with Crippen LogP contribution in [0, 0.1) is 5.92 Å². The van der Waals surface area contributed by atoms with Gasteiger partial charge < -0.3 is 20.5 Å². The normalized spacial score (nSPS) is 12.9. The summed E-state index contributed by atoms with van der Waals surface area (Å²) in [6.07, 6.45) is 5.81. The molecule has 8 heteroatoms. The molecular formula is C32H42N2O5S. The summed E-state index contributed by atoms with van der Waals surface area (Å²) in [5.74, 6) is -0.282. The number of amides is 2. The Morgan fingerprint density at radius 2 is 1.60 bits per heavy atom. The average Bonchev–Trinajstić information content (AvgIpc) is 2.96. The van der Waals surface area contributed by atoms with Crippen LogP contribution in [-0.2, 0) is 31.3 Å². The molecule has 2 aromatic carbocycles. The highest BCUT2D eigenvalue weighted by Gasteiger charge is 2.25. The maximum Gasteiger partial charge on any atom is 0.305 e. The summed E-state index contributed by atoms with van der Waals surface area (Å²) in [5.41, 5.74) is 2.16. The number of rotatable bonds is 20. The lowest BCUT2D eigenvalue weighted by Gasteiger charge is -2.23. The number of carbonyl (C=O) groups is 3. The second kappa shape index (κ2) is 19.7. The van der Waals surface area contributed by atoms with Crippen LogP contribution in [0.2, 0.25) is 0 Å². The van der Waals surface area contributed by atoms with Crippen LogP contribution in [0.4, 0.5) is 0 Å². The number of thioether (sulfide) groups is 1. The zero-order chi connectivity index (χ0) is 29.0. The van der Waals surface area contributed by atoms with E-state index in [4.69, 9.17) is 4.74 Å². The quantitative estimate of drug-likeness (QED) is 0.123. The van der Waals surface area contributed by atoms with Crippen molar-refractivity contribution in [3.8, 4) is 0 Å². The predicted octanol–water partition coefficient (Wildman–Crippen LogP) is 4.61. The number of unbranched alkanes of at least 4 members (excludes halogenated alkanes) is 1. The Kier molecular flexibility index (Phi) is 16.1. The van der Waals surface area contributed by atoms with Gasteiger partial charge >= 0.3 is 5.97 Å². The van der Waals surface area contributed by atoms with Crippen molar-refractivity contribution in [2.45, 2.75) is 56.4 Å². The van der Waals surface area contributed by atoms with Crippen molar-refractivity contribution in [2.24, 2.45) is 5.92 Å². The molecule has 0 bridgehead atoms. The fourth-order valence-electron chi connectivity index (χ4n) is 4.05. The van der Waals surface area contributed by atoms with Crippen LogP contribution < -0.4 is 10.6 Å². The third-order valence-electron chi connectivity index (χ3n) is 6.18. The van der Waals surface area contributed by atoms with E-state index in [1.165, 1.54) is 0 Å². The predicted molar refractivity (Wildman–Crippen MR) is 162 cm³/mol. The molecule has 3 atom stereocenters. The van der Waals surface area contributed by atoms with Gasteiger partial charge in [0.1, 0.15) is 6.61 Å². The van der Waals surface area contributed by atoms with Gasteiger partial charge in [0.05, 0.1) is 24.6 Å². The van der Waals surface area contributed by atoms with Crippen LogP contribution >= 0.6 is 11.8 Å². The van der Waals surface area contributed by atoms with Crippen molar-refractivity contribution in [1.82, 2.24) is 10.6 Å². The van der Waals surface area contributed by atoms with Gasteiger partial charge in [-0.3, -0.25) is 14.4 Å². The van der Waals surface area contributed by atoms with E-state index in [-0.39, 0.29) is 43.8 Å². The molecule has 0 saturated carbocycles. The van der Waals surface area contributed by atoms with Crippen LogP contribution in [0.25, 0.3) is 0 Å². The molecule has 0 fully saturated rings. The number of nitrogens with one attached hydrogen (secondary N) is 2. The summed E-state index contributed by atoms with van der Waals surface area (Å²) in [6.45, 7) is 7.25. The lowest BCUT2D eigenvalue weighted by atomic mass is 9.98. The smallest absolute Gasteiger partial charge is 0.305 e. The lowest BCUT2D eigenvalue weighted by molar-refractivity contribution is -0.145. The highest BCUT2D eigenvalue weighted by molar-refractivity contribution is 7.98. The maximum absolute atomic E-state index is 13.3. The van der Waals surface area contributed by atoms with Crippen molar-refractivity contribution in [3.63, 3.8) is 0 Å². The molecule has 0 aliphatic rings. The largest absolute Gasteiger partial charge is 0.463 e. The molecule has 0 heterocycles. The molecule has 2 amide bonds. The second-order valence-electron chi connectivity index (χ2n) is 9.63. The molecule has 0 aliphatic carbocycles. The molecule has 2 aromatic rings. The summed E-state index contributed by atoms with van der Waals surface area (Å²) in [6, 6.07) is 18.7. The van der Waals surface area contributed by atoms with Gasteiger partial charge in [-0.25, -0.2) is 0 Å². The monoisotopic (exact) mass is 566 g/mol. The van der Waals surface area contributed by atoms with E-state index < -0.39 is 18.0 Å². The van der Waals surface area contributed by atoms with E-state index in [1.54, 1.807) is 23.9 Å². The molecule has 3 N–H and O–H groups in total. The zero-order valence-electron chi connectivity index (χ0n) is 23.1. The fourth-order valence-corrected chi connectivity index (χ4v) is 5.06. The Morgan fingerprint density at radius 3 is 2.23 bits per heavy atom. The summed E-state index contributed by atoms with van der Waals surface area (Å²) >= 11 is 1.63. The topological polar surface area (TPSA) is 105 Å². The van der Waals surface area contributed by atoms with Crippen LogP contribution in [0.3, 0.4) is 0 Å². The van der Waals surface area contributed by atoms with Crippen molar-refractivity contribution < 1.29 is 24.2 Å². The zero-order valence-corrected chi connectivity index (χ0v) is 24.0. The molecular weight excluding hydrogens is 524 g/mol. The first-order valence-electron chi connectivity index (χ1n) is 13.7. The molecule has 0 aromatic heterocycles. The first kappa shape index (κ1) is 32.8. The third-order valence-corrected chi connectivity index (χ3v) is 7.35. The first-order valence-corrected chi connectivity index (χ1v) is 14.8. The molecule has 0 aliphatic heterocycles. The Balaban J connectivity index is 1.97. The number of benzene rings is 2. The second-order valence-corrected chi connectivity index (χ2v) is 10.7.